The van der Waals surface area contributed by atoms with Crippen LogP contribution in [0.1, 0.15) is 45.0 Å². The molecule has 1 aliphatic rings. The van der Waals surface area contributed by atoms with E-state index < -0.39 is 0 Å². The minimum Gasteiger partial charge on any atom is -0.343 e. The van der Waals surface area contributed by atoms with Gasteiger partial charge in [-0.3, -0.25) is 9.59 Å². The molecule has 1 saturated heterocycles. The average molecular weight is 354 g/mol. The van der Waals surface area contributed by atoms with Gasteiger partial charge in [0, 0.05) is 18.7 Å². The van der Waals surface area contributed by atoms with Crippen molar-refractivity contribution in [3.8, 4) is 0 Å². The Hall–Kier alpha value is -2.63. The van der Waals surface area contributed by atoms with Crippen LogP contribution in [0.5, 0.6) is 0 Å². The number of fused-ring (bicyclic) bond motifs is 1. The molecule has 2 heterocycles. The Morgan fingerprint density at radius 2 is 1.92 bits per heavy atom. The first-order valence-electron chi connectivity index (χ1n) is 9.16. The van der Waals surface area contributed by atoms with Gasteiger partial charge in [-0.15, -0.1) is 0 Å². The SMILES string of the molecule is C=C(C)C(=O)NC(C)c1nc2ccccc2n1CC(=O)N1CCCCC1. The molecule has 138 valence electrons. The number of hydrogen-bond donors (Lipinski definition) is 1. The van der Waals surface area contributed by atoms with Gasteiger partial charge in [-0.05, 0) is 45.2 Å². The van der Waals surface area contributed by atoms with Crippen LogP contribution >= 0.6 is 0 Å². The van der Waals surface area contributed by atoms with Crippen LogP contribution in [0.2, 0.25) is 0 Å². The van der Waals surface area contributed by atoms with Crippen LogP contribution in [-0.2, 0) is 16.1 Å². The van der Waals surface area contributed by atoms with Crippen molar-refractivity contribution in [2.75, 3.05) is 13.1 Å². The number of likely N-dealkylation sites (tertiary alicyclic amines) is 1. The Morgan fingerprint density at radius 1 is 1.23 bits per heavy atom. The summed E-state index contributed by atoms with van der Waals surface area (Å²) in [7, 11) is 0. The number of carbonyl (C=O) groups excluding carboxylic acids is 2. The second-order valence-electron chi connectivity index (χ2n) is 6.96. The smallest absolute Gasteiger partial charge is 0.246 e. The van der Waals surface area contributed by atoms with Gasteiger partial charge in [0.1, 0.15) is 12.4 Å². The zero-order valence-electron chi connectivity index (χ0n) is 15.5. The predicted molar refractivity (Wildman–Crippen MR) is 102 cm³/mol. The molecular formula is C20H26N4O2. The zero-order chi connectivity index (χ0) is 18.7. The highest BCUT2D eigenvalue weighted by Gasteiger charge is 2.23. The van der Waals surface area contributed by atoms with Gasteiger partial charge in [0.15, 0.2) is 0 Å². The minimum absolute atomic E-state index is 0.104. The van der Waals surface area contributed by atoms with Crippen molar-refractivity contribution in [1.82, 2.24) is 19.8 Å². The third kappa shape index (κ3) is 3.79. The third-order valence-electron chi connectivity index (χ3n) is 4.81. The molecule has 6 nitrogen and oxygen atoms in total. The van der Waals surface area contributed by atoms with Crippen LogP contribution in [-0.4, -0.2) is 39.4 Å². The maximum atomic E-state index is 12.8. The Kier molecular flexibility index (Phi) is 5.40. The lowest BCUT2D eigenvalue weighted by Crippen LogP contribution is -2.38. The van der Waals surface area contributed by atoms with E-state index in [1.807, 2.05) is 40.7 Å². The Morgan fingerprint density at radius 3 is 2.62 bits per heavy atom. The second-order valence-corrected chi connectivity index (χ2v) is 6.96. The van der Waals surface area contributed by atoms with Gasteiger partial charge in [0.05, 0.1) is 17.1 Å². The van der Waals surface area contributed by atoms with E-state index in [2.05, 4.69) is 16.9 Å². The van der Waals surface area contributed by atoms with Crippen LogP contribution < -0.4 is 5.32 Å². The molecule has 1 unspecified atom stereocenters. The number of para-hydroxylation sites is 2. The topological polar surface area (TPSA) is 67.2 Å². The first-order valence-corrected chi connectivity index (χ1v) is 9.16. The summed E-state index contributed by atoms with van der Waals surface area (Å²) in [6, 6.07) is 7.43. The van der Waals surface area contributed by atoms with Crippen LogP contribution in [0, 0.1) is 0 Å². The summed E-state index contributed by atoms with van der Waals surface area (Å²) in [5, 5.41) is 2.90. The summed E-state index contributed by atoms with van der Waals surface area (Å²) in [6.07, 6.45) is 3.32. The zero-order valence-corrected chi connectivity index (χ0v) is 15.5. The molecule has 1 N–H and O–H groups in total. The van der Waals surface area contributed by atoms with Crippen molar-refractivity contribution in [3.05, 3.63) is 42.2 Å². The predicted octanol–water partition coefficient (Wildman–Crippen LogP) is 2.80. The molecular weight excluding hydrogens is 328 g/mol. The lowest BCUT2D eigenvalue weighted by atomic mass is 10.1. The van der Waals surface area contributed by atoms with Crippen molar-refractivity contribution >= 4 is 22.8 Å². The highest BCUT2D eigenvalue weighted by atomic mass is 16.2. The van der Waals surface area contributed by atoms with Gasteiger partial charge in [0.2, 0.25) is 11.8 Å². The third-order valence-corrected chi connectivity index (χ3v) is 4.81. The fourth-order valence-electron chi connectivity index (χ4n) is 3.35. The van der Waals surface area contributed by atoms with Crippen molar-refractivity contribution < 1.29 is 9.59 Å². The monoisotopic (exact) mass is 354 g/mol. The summed E-state index contributed by atoms with van der Waals surface area (Å²) in [4.78, 5) is 31.4. The number of imidazole rings is 1. The van der Waals surface area contributed by atoms with Crippen molar-refractivity contribution in [2.24, 2.45) is 0 Å². The van der Waals surface area contributed by atoms with Gasteiger partial charge in [-0.1, -0.05) is 18.7 Å². The first-order chi connectivity index (χ1) is 12.5. The minimum atomic E-state index is -0.319. The number of nitrogens with one attached hydrogen (secondary N) is 1. The number of nitrogens with zero attached hydrogens (tertiary/aromatic N) is 3. The molecule has 0 aliphatic carbocycles. The fraction of sp³-hybridized carbons (Fsp3) is 0.450. The van der Waals surface area contributed by atoms with E-state index in [1.165, 1.54) is 6.42 Å². The number of benzene rings is 1. The van der Waals surface area contributed by atoms with Crippen LogP contribution in [0.15, 0.2) is 36.4 Å². The van der Waals surface area contributed by atoms with E-state index in [4.69, 9.17) is 0 Å². The molecule has 1 atom stereocenters. The van der Waals surface area contributed by atoms with Gasteiger partial charge >= 0.3 is 0 Å². The normalized spacial score (nSPS) is 15.7. The number of rotatable bonds is 5. The highest BCUT2D eigenvalue weighted by Crippen LogP contribution is 2.22. The molecule has 1 aromatic carbocycles. The highest BCUT2D eigenvalue weighted by molar-refractivity contribution is 5.92. The average Bonchev–Trinajstić information content (AvgIpc) is 3.01. The van der Waals surface area contributed by atoms with E-state index in [0.717, 1.165) is 37.0 Å². The molecule has 1 aliphatic heterocycles. The lowest BCUT2D eigenvalue weighted by Gasteiger charge is -2.27. The molecule has 0 radical (unpaired) electrons. The molecule has 0 spiro atoms. The van der Waals surface area contributed by atoms with Gasteiger partial charge in [-0.25, -0.2) is 4.98 Å². The Labute approximate surface area is 153 Å². The van der Waals surface area contributed by atoms with Gasteiger partial charge < -0.3 is 14.8 Å². The summed E-state index contributed by atoms with van der Waals surface area (Å²) in [5.74, 6) is 0.581. The van der Waals surface area contributed by atoms with E-state index in [0.29, 0.717) is 11.4 Å². The van der Waals surface area contributed by atoms with Gasteiger partial charge in [-0.2, -0.15) is 0 Å². The van der Waals surface area contributed by atoms with E-state index in [9.17, 15) is 9.59 Å². The van der Waals surface area contributed by atoms with Crippen LogP contribution in [0.4, 0.5) is 0 Å². The molecule has 0 bridgehead atoms. The Balaban J connectivity index is 1.90. The number of piperidine rings is 1. The lowest BCUT2D eigenvalue weighted by molar-refractivity contribution is -0.132. The largest absolute Gasteiger partial charge is 0.343 e. The quantitative estimate of drug-likeness (QED) is 0.840. The van der Waals surface area contributed by atoms with Crippen molar-refractivity contribution in [2.45, 2.75) is 45.7 Å². The van der Waals surface area contributed by atoms with E-state index >= 15 is 0 Å². The summed E-state index contributed by atoms with van der Waals surface area (Å²) >= 11 is 0. The first kappa shape index (κ1) is 18.2. The molecule has 1 aromatic heterocycles. The molecule has 1 fully saturated rings. The maximum absolute atomic E-state index is 12.8. The summed E-state index contributed by atoms with van der Waals surface area (Å²) < 4.78 is 1.93. The number of aromatic nitrogens is 2. The molecule has 3 rings (SSSR count). The van der Waals surface area contributed by atoms with Crippen molar-refractivity contribution in [1.29, 1.82) is 0 Å². The fourth-order valence-corrected chi connectivity index (χ4v) is 3.35. The second kappa shape index (κ2) is 7.72. The molecule has 0 saturated carbocycles. The summed E-state index contributed by atoms with van der Waals surface area (Å²) in [5.41, 5.74) is 2.18. The van der Waals surface area contributed by atoms with Crippen LogP contribution in [0.3, 0.4) is 0 Å². The van der Waals surface area contributed by atoms with E-state index in [1.54, 1.807) is 6.92 Å². The number of carbonyl (C=O) groups is 2. The van der Waals surface area contributed by atoms with Gasteiger partial charge in [0.25, 0.3) is 0 Å². The molecule has 26 heavy (non-hydrogen) atoms. The molecule has 2 amide bonds. The van der Waals surface area contributed by atoms with Crippen LogP contribution in [0.25, 0.3) is 11.0 Å². The Bertz CT molecular complexity index is 833. The summed E-state index contributed by atoms with van der Waals surface area (Å²) in [6.45, 7) is 9.11. The number of hydrogen-bond acceptors (Lipinski definition) is 3. The maximum Gasteiger partial charge on any atom is 0.246 e. The van der Waals surface area contributed by atoms with E-state index in [-0.39, 0.29) is 24.4 Å². The molecule has 2 aromatic rings. The standard InChI is InChI=1S/C20H26N4O2/c1-14(2)20(26)21-15(3)19-22-16-9-5-6-10-17(16)24(19)13-18(25)23-11-7-4-8-12-23/h5-6,9-10,15H,1,4,7-8,11-13H2,2-3H3,(H,21,26). The number of amides is 2. The molecule has 6 heteroatoms. The van der Waals surface area contributed by atoms with Crippen molar-refractivity contribution in [3.63, 3.8) is 0 Å².